The van der Waals surface area contributed by atoms with Crippen molar-refractivity contribution in [2.24, 2.45) is 0 Å². The van der Waals surface area contributed by atoms with Crippen LogP contribution in [0.4, 0.5) is 0 Å². The number of hydrogen-bond donors (Lipinski definition) is 2. The van der Waals surface area contributed by atoms with Crippen LogP contribution >= 0.6 is 0 Å². The van der Waals surface area contributed by atoms with Crippen LogP contribution in [-0.2, 0) is 6.54 Å². The zero-order valence-electron chi connectivity index (χ0n) is 15.7. The number of ether oxygens (including phenoxy) is 4. The standard InChI is InChI=1S/C20H22N2O5/c1-24-15-8-6-5-7-12(15)10-22-20(23)13-11-21-14-9-16(25-2)18(26-3)19(27-4)17(13)14/h5-9,11,21H,10H2,1-4H3,(H,22,23). The van der Waals surface area contributed by atoms with Gasteiger partial charge in [0, 0.05) is 24.4 Å². The largest absolute Gasteiger partial charge is 0.496 e. The maximum absolute atomic E-state index is 12.8. The molecule has 1 aromatic heterocycles. The van der Waals surface area contributed by atoms with Gasteiger partial charge in [0.1, 0.15) is 5.75 Å². The van der Waals surface area contributed by atoms with Crippen LogP contribution in [0.25, 0.3) is 10.9 Å². The van der Waals surface area contributed by atoms with Crippen LogP contribution in [0.2, 0.25) is 0 Å². The van der Waals surface area contributed by atoms with Gasteiger partial charge in [0.2, 0.25) is 5.75 Å². The fraction of sp³-hybridized carbons (Fsp3) is 0.250. The van der Waals surface area contributed by atoms with E-state index in [9.17, 15) is 4.79 Å². The Labute approximate surface area is 157 Å². The first-order valence-electron chi connectivity index (χ1n) is 8.34. The highest BCUT2D eigenvalue weighted by Crippen LogP contribution is 2.44. The topological polar surface area (TPSA) is 81.8 Å². The number of rotatable bonds is 7. The number of nitrogens with one attached hydrogen (secondary N) is 2. The number of benzene rings is 2. The minimum Gasteiger partial charge on any atom is -0.496 e. The Bertz CT molecular complexity index is 964. The second-order valence-electron chi connectivity index (χ2n) is 5.76. The number of aromatic nitrogens is 1. The molecule has 0 aliphatic heterocycles. The summed E-state index contributed by atoms with van der Waals surface area (Å²) in [5.41, 5.74) is 2.06. The van der Waals surface area contributed by atoms with Gasteiger partial charge in [-0.1, -0.05) is 18.2 Å². The minimum atomic E-state index is -0.238. The van der Waals surface area contributed by atoms with E-state index in [2.05, 4.69) is 10.3 Å². The van der Waals surface area contributed by atoms with Crippen molar-refractivity contribution in [1.29, 1.82) is 0 Å². The zero-order valence-corrected chi connectivity index (χ0v) is 15.7. The quantitative estimate of drug-likeness (QED) is 0.668. The maximum Gasteiger partial charge on any atom is 0.253 e. The second-order valence-corrected chi connectivity index (χ2v) is 5.76. The Morgan fingerprint density at radius 2 is 1.67 bits per heavy atom. The molecule has 0 aliphatic carbocycles. The number of H-pyrrole nitrogens is 1. The predicted octanol–water partition coefficient (Wildman–Crippen LogP) is 3.13. The molecule has 7 heteroatoms. The molecule has 0 fully saturated rings. The zero-order chi connectivity index (χ0) is 19.4. The van der Waals surface area contributed by atoms with Crippen LogP contribution in [0.3, 0.4) is 0 Å². The molecule has 3 aromatic rings. The molecular formula is C20H22N2O5. The molecule has 1 amide bonds. The van der Waals surface area contributed by atoms with E-state index in [4.69, 9.17) is 18.9 Å². The van der Waals surface area contributed by atoms with Crippen molar-refractivity contribution in [2.75, 3.05) is 28.4 Å². The van der Waals surface area contributed by atoms with Crippen LogP contribution < -0.4 is 24.3 Å². The van der Waals surface area contributed by atoms with Gasteiger partial charge in [0.25, 0.3) is 5.91 Å². The van der Waals surface area contributed by atoms with Gasteiger partial charge in [-0.15, -0.1) is 0 Å². The van der Waals surface area contributed by atoms with Crippen molar-refractivity contribution in [3.05, 3.63) is 47.7 Å². The van der Waals surface area contributed by atoms with Gasteiger partial charge in [-0.25, -0.2) is 0 Å². The van der Waals surface area contributed by atoms with Gasteiger partial charge in [0.05, 0.1) is 44.9 Å². The third-order valence-corrected chi connectivity index (χ3v) is 4.35. The first kappa shape index (κ1) is 18.4. The normalized spacial score (nSPS) is 10.5. The van der Waals surface area contributed by atoms with Crippen molar-refractivity contribution < 1.29 is 23.7 Å². The Balaban J connectivity index is 1.95. The summed E-state index contributed by atoms with van der Waals surface area (Å²) in [4.78, 5) is 15.9. The molecular weight excluding hydrogens is 348 g/mol. The van der Waals surface area contributed by atoms with E-state index >= 15 is 0 Å². The second kappa shape index (κ2) is 7.90. The third kappa shape index (κ3) is 3.36. The van der Waals surface area contributed by atoms with Gasteiger partial charge >= 0.3 is 0 Å². The summed E-state index contributed by atoms with van der Waals surface area (Å²) >= 11 is 0. The third-order valence-electron chi connectivity index (χ3n) is 4.35. The SMILES string of the molecule is COc1ccccc1CNC(=O)c1c[nH]c2cc(OC)c(OC)c(OC)c12. The van der Waals surface area contributed by atoms with E-state index < -0.39 is 0 Å². The molecule has 0 unspecified atom stereocenters. The fourth-order valence-corrected chi connectivity index (χ4v) is 3.06. The van der Waals surface area contributed by atoms with Crippen LogP contribution in [0.1, 0.15) is 15.9 Å². The highest BCUT2D eigenvalue weighted by atomic mass is 16.5. The lowest BCUT2D eigenvalue weighted by Gasteiger charge is -2.14. The summed E-state index contributed by atoms with van der Waals surface area (Å²) < 4.78 is 21.6. The van der Waals surface area contributed by atoms with Crippen LogP contribution in [0.5, 0.6) is 23.0 Å². The van der Waals surface area contributed by atoms with Crippen molar-refractivity contribution >= 4 is 16.8 Å². The van der Waals surface area contributed by atoms with Crippen molar-refractivity contribution in [1.82, 2.24) is 10.3 Å². The lowest BCUT2D eigenvalue weighted by molar-refractivity contribution is 0.0952. The highest BCUT2D eigenvalue weighted by Gasteiger charge is 2.22. The molecule has 0 radical (unpaired) electrons. The number of para-hydroxylation sites is 1. The summed E-state index contributed by atoms with van der Waals surface area (Å²) in [6.45, 7) is 0.338. The summed E-state index contributed by atoms with van der Waals surface area (Å²) in [5, 5.41) is 3.55. The van der Waals surface area contributed by atoms with Crippen LogP contribution in [0, 0.1) is 0 Å². The molecule has 27 heavy (non-hydrogen) atoms. The van der Waals surface area contributed by atoms with E-state index in [1.807, 2.05) is 24.3 Å². The first-order chi connectivity index (χ1) is 13.1. The molecule has 3 rings (SSSR count). The molecule has 142 valence electrons. The number of hydrogen-bond acceptors (Lipinski definition) is 5. The lowest BCUT2D eigenvalue weighted by Crippen LogP contribution is -2.22. The summed E-state index contributed by atoms with van der Waals surface area (Å²) in [6.07, 6.45) is 1.64. The smallest absolute Gasteiger partial charge is 0.253 e. The molecule has 0 saturated heterocycles. The van der Waals surface area contributed by atoms with Crippen LogP contribution in [0.15, 0.2) is 36.5 Å². The Morgan fingerprint density at radius 1 is 0.963 bits per heavy atom. The molecule has 7 nitrogen and oxygen atoms in total. The molecule has 2 aromatic carbocycles. The van der Waals surface area contributed by atoms with Crippen molar-refractivity contribution in [2.45, 2.75) is 6.54 Å². The monoisotopic (exact) mass is 370 g/mol. The highest BCUT2D eigenvalue weighted by molar-refractivity contribution is 6.10. The van der Waals surface area contributed by atoms with E-state index in [0.29, 0.717) is 40.3 Å². The molecule has 0 bridgehead atoms. The molecule has 0 aliphatic rings. The van der Waals surface area contributed by atoms with E-state index in [0.717, 1.165) is 11.3 Å². The average Bonchev–Trinajstić information content (AvgIpc) is 3.14. The van der Waals surface area contributed by atoms with E-state index in [1.165, 1.54) is 14.2 Å². The lowest BCUT2D eigenvalue weighted by atomic mass is 10.1. The van der Waals surface area contributed by atoms with Crippen molar-refractivity contribution in [3.63, 3.8) is 0 Å². The molecule has 1 heterocycles. The van der Waals surface area contributed by atoms with E-state index in [1.54, 1.807) is 26.5 Å². The number of amides is 1. The van der Waals surface area contributed by atoms with Gasteiger partial charge in [0.15, 0.2) is 11.5 Å². The summed E-state index contributed by atoms with van der Waals surface area (Å²) in [6, 6.07) is 9.31. The predicted molar refractivity (Wildman–Crippen MR) is 102 cm³/mol. The summed E-state index contributed by atoms with van der Waals surface area (Å²) in [7, 11) is 6.21. The van der Waals surface area contributed by atoms with Gasteiger partial charge in [-0.2, -0.15) is 0 Å². The Morgan fingerprint density at radius 3 is 2.33 bits per heavy atom. The number of carbonyl (C=O) groups excluding carboxylic acids is 1. The summed E-state index contributed by atoms with van der Waals surface area (Å²) in [5.74, 6) is 1.88. The molecule has 0 atom stereocenters. The number of aromatic amines is 1. The van der Waals surface area contributed by atoms with Gasteiger partial charge in [-0.05, 0) is 6.07 Å². The molecule has 0 saturated carbocycles. The fourth-order valence-electron chi connectivity index (χ4n) is 3.06. The average molecular weight is 370 g/mol. The van der Waals surface area contributed by atoms with Crippen LogP contribution in [-0.4, -0.2) is 39.3 Å². The Hall–Kier alpha value is -3.35. The minimum absolute atomic E-state index is 0.238. The number of methoxy groups -OCH3 is 4. The van der Waals surface area contributed by atoms with Crippen molar-refractivity contribution in [3.8, 4) is 23.0 Å². The molecule has 0 spiro atoms. The molecule has 2 N–H and O–H groups in total. The van der Waals surface area contributed by atoms with Gasteiger partial charge in [-0.3, -0.25) is 4.79 Å². The first-order valence-corrected chi connectivity index (χ1v) is 8.34. The number of fused-ring (bicyclic) bond motifs is 1. The number of carbonyl (C=O) groups is 1. The van der Waals surface area contributed by atoms with Gasteiger partial charge < -0.3 is 29.2 Å². The maximum atomic E-state index is 12.8. The van der Waals surface area contributed by atoms with E-state index in [-0.39, 0.29) is 5.91 Å². The Kier molecular flexibility index (Phi) is 5.40.